The van der Waals surface area contributed by atoms with Crippen molar-refractivity contribution in [1.29, 1.82) is 0 Å². The lowest BCUT2D eigenvalue weighted by molar-refractivity contribution is 0.470. The summed E-state index contributed by atoms with van der Waals surface area (Å²) in [6.07, 6.45) is 1.66. The Bertz CT molecular complexity index is 1450. The van der Waals surface area contributed by atoms with E-state index in [1.54, 1.807) is 18.3 Å². The van der Waals surface area contributed by atoms with Crippen molar-refractivity contribution in [3.63, 3.8) is 0 Å². The molecule has 5 heteroatoms. The van der Waals surface area contributed by atoms with Crippen molar-refractivity contribution in [1.82, 2.24) is 4.31 Å². The van der Waals surface area contributed by atoms with Crippen LogP contribution in [-0.4, -0.2) is 18.4 Å². The van der Waals surface area contributed by atoms with Gasteiger partial charge in [0.25, 0.3) is 10.0 Å². The lowest BCUT2D eigenvalue weighted by atomic mass is 9.95. The topological polar surface area (TPSA) is 49.7 Å². The molecule has 168 valence electrons. The number of nitrogens with zero attached hydrogens (tertiary/aromatic N) is 2. The monoisotopic (exact) mass is 464 g/mol. The molecule has 0 spiro atoms. The zero-order valence-corrected chi connectivity index (χ0v) is 19.6. The maximum atomic E-state index is 14.1. The van der Waals surface area contributed by atoms with Crippen LogP contribution in [0.4, 0.5) is 0 Å². The van der Waals surface area contributed by atoms with Gasteiger partial charge in [-0.25, -0.2) is 13.4 Å². The lowest BCUT2D eigenvalue weighted by Crippen LogP contribution is -2.38. The standard InChI is InChI=1S/C29H24N2O2S/c1-22-17-19-26(20-18-22)34(32,33)31-21-27(23-11-5-2-6-12-23)30-28(24-13-7-3-8-14-24)29(31)25-15-9-4-10-16-25/h2-21,29H,1H3/t29-/m0/s1. The molecule has 4 aromatic rings. The predicted molar refractivity (Wildman–Crippen MR) is 137 cm³/mol. The van der Waals surface area contributed by atoms with Crippen LogP contribution in [0.5, 0.6) is 0 Å². The van der Waals surface area contributed by atoms with Gasteiger partial charge < -0.3 is 0 Å². The molecule has 1 atom stereocenters. The molecule has 0 N–H and O–H groups in total. The third-order valence-electron chi connectivity index (χ3n) is 5.85. The van der Waals surface area contributed by atoms with Gasteiger partial charge in [-0.1, -0.05) is 109 Å². The second kappa shape index (κ2) is 9.12. The molecule has 0 fully saturated rings. The molecule has 0 aromatic heterocycles. The van der Waals surface area contributed by atoms with E-state index in [0.29, 0.717) is 11.4 Å². The Hall–Kier alpha value is -3.96. The summed E-state index contributed by atoms with van der Waals surface area (Å²) in [6.45, 7) is 1.94. The minimum atomic E-state index is -3.88. The molecule has 1 heterocycles. The summed E-state index contributed by atoms with van der Waals surface area (Å²) >= 11 is 0. The predicted octanol–water partition coefficient (Wildman–Crippen LogP) is 6.23. The van der Waals surface area contributed by atoms with Crippen molar-refractivity contribution >= 4 is 21.4 Å². The first-order valence-corrected chi connectivity index (χ1v) is 12.5. The van der Waals surface area contributed by atoms with Crippen LogP contribution in [0, 0.1) is 6.92 Å². The van der Waals surface area contributed by atoms with Crippen LogP contribution < -0.4 is 0 Å². The molecule has 4 aromatic carbocycles. The van der Waals surface area contributed by atoms with Crippen molar-refractivity contribution in [3.8, 4) is 0 Å². The first-order chi connectivity index (χ1) is 16.5. The summed E-state index contributed by atoms with van der Waals surface area (Å²) in [5, 5.41) is 0. The minimum absolute atomic E-state index is 0.247. The van der Waals surface area contributed by atoms with E-state index < -0.39 is 16.1 Å². The first kappa shape index (κ1) is 21.9. The first-order valence-electron chi connectivity index (χ1n) is 11.1. The summed E-state index contributed by atoms with van der Waals surface area (Å²) in [6, 6.07) is 35.5. The molecule has 0 saturated heterocycles. The van der Waals surface area contributed by atoms with E-state index in [2.05, 4.69) is 0 Å². The molecular weight excluding hydrogens is 440 g/mol. The Morgan fingerprint density at radius 2 is 1.21 bits per heavy atom. The number of aliphatic imine (C=N–C) groups is 1. The number of benzene rings is 4. The van der Waals surface area contributed by atoms with E-state index in [-0.39, 0.29) is 4.90 Å². The zero-order valence-electron chi connectivity index (χ0n) is 18.7. The fraction of sp³-hybridized carbons (Fsp3) is 0.0690. The van der Waals surface area contributed by atoms with Gasteiger partial charge in [0, 0.05) is 11.8 Å². The number of sulfonamides is 1. The molecule has 0 unspecified atom stereocenters. The number of aryl methyl sites for hydroxylation is 1. The maximum Gasteiger partial charge on any atom is 0.264 e. The molecule has 0 amide bonds. The highest BCUT2D eigenvalue weighted by Crippen LogP contribution is 2.38. The van der Waals surface area contributed by atoms with Gasteiger partial charge in [-0.3, -0.25) is 4.31 Å². The second-order valence-electron chi connectivity index (χ2n) is 8.20. The molecule has 1 aliphatic rings. The highest BCUT2D eigenvalue weighted by atomic mass is 32.2. The second-order valence-corrected chi connectivity index (χ2v) is 10.0. The smallest absolute Gasteiger partial charge is 0.258 e. The third kappa shape index (κ3) is 4.18. The average molecular weight is 465 g/mol. The average Bonchev–Trinajstić information content (AvgIpc) is 2.90. The van der Waals surface area contributed by atoms with E-state index in [1.807, 2.05) is 110 Å². The van der Waals surface area contributed by atoms with Gasteiger partial charge in [0.2, 0.25) is 0 Å². The molecule has 0 saturated carbocycles. The normalized spacial score (nSPS) is 16.0. The molecule has 0 radical (unpaired) electrons. The van der Waals surface area contributed by atoms with Crippen LogP contribution in [0.2, 0.25) is 0 Å². The molecule has 5 rings (SSSR count). The molecule has 4 nitrogen and oxygen atoms in total. The quantitative estimate of drug-likeness (QED) is 0.352. The molecule has 0 aliphatic carbocycles. The van der Waals surface area contributed by atoms with Gasteiger partial charge in [0.05, 0.1) is 16.3 Å². The Labute approximate surface area is 200 Å². The molecular formula is C29H24N2O2S. The SMILES string of the molecule is Cc1ccc(S(=O)(=O)N2C=C(c3ccccc3)N=C(c3ccccc3)[C@@H]2c2ccccc2)cc1. The van der Waals surface area contributed by atoms with Gasteiger partial charge in [-0.15, -0.1) is 0 Å². The molecule has 34 heavy (non-hydrogen) atoms. The highest BCUT2D eigenvalue weighted by molar-refractivity contribution is 7.89. The van der Waals surface area contributed by atoms with Gasteiger partial charge >= 0.3 is 0 Å². The van der Waals surface area contributed by atoms with Gasteiger partial charge in [0.15, 0.2) is 0 Å². The number of hydrogen-bond donors (Lipinski definition) is 0. The van der Waals surface area contributed by atoms with E-state index in [9.17, 15) is 8.42 Å². The van der Waals surface area contributed by atoms with Crippen LogP contribution >= 0.6 is 0 Å². The Balaban J connectivity index is 1.76. The van der Waals surface area contributed by atoms with Crippen LogP contribution in [0.15, 0.2) is 131 Å². The summed E-state index contributed by atoms with van der Waals surface area (Å²) < 4.78 is 29.6. The zero-order chi connectivity index (χ0) is 23.5. The van der Waals surface area contributed by atoms with E-state index >= 15 is 0 Å². The third-order valence-corrected chi connectivity index (χ3v) is 7.59. The fourth-order valence-electron chi connectivity index (χ4n) is 4.09. The summed E-state index contributed by atoms with van der Waals surface area (Å²) in [7, 11) is -3.88. The Morgan fingerprint density at radius 1 is 0.676 bits per heavy atom. The highest BCUT2D eigenvalue weighted by Gasteiger charge is 2.37. The summed E-state index contributed by atoms with van der Waals surface area (Å²) in [5.41, 5.74) is 4.87. The number of hydrogen-bond acceptors (Lipinski definition) is 3. The van der Waals surface area contributed by atoms with Crippen LogP contribution in [0.1, 0.15) is 28.3 Å². The minimum Gasteiger partial charge on any atom is -0.258 e. The van der Waals surface area contributed by atoms with Crippen molar-refractivity contribution in [2.45, 2.75) is 17.9 Å². The Morgan fingerprint density at radius 3 is 1.79 bits per heavy atom. The largest absolute Gasteiger partial charge is 0.264 e. The van der Waals surface area contributed by atoms with Crippen molar-refractivity contribution in [2.75, 3.05) is 0 Å². The lowest BCUT2D eigenvalue weighted by Gasteiger charge is -2.35. The summed E-state index contributed by atoms with van der Waals surface area (Å²) in [4.78, 5) is 5.27. The molecule has 1 aliphatic heterocycles. The fourth-order valence-corrected chi connectivity index (χ4v) is 5.56. The van der Waals surface area contributed by atoms with E-state index in [1.165, 1.54) is 4.31 Å². The van der Waals surface area contributed by atoms with Crippen LogP contribution in [0.25, 0.3) is 5.70 Å². The van der Waals surface area contributed by atoms with E-state index in [4.69, 9.17) is 4.99 Å². The van der Waals surface area contributed by atoms with Gasteiger partial charge in [-0.05, 0) is 30.2 Å². The van der Waals surface area contributed by atoms with Crippen molar-refractivity contribution in [3.05, 3.63) is 144 Å². The van der Waals surface area contributed by atoms with Gasteiger partial charge in [-0.2, -0.15) is 0 Å². The Kier molecular flexibility index (Phi) is 5.86. The number of rotatable bonds is 5. The van der Waals surface area contributed by atoms with Crippen molar-refractivity contribution < 1.29 is 8.42 Å². The summed E-state index contributed by atoms with van der Waals surface area (Å²) in [5.74, 6) is 0. The van der Waals surface area contributed by atoms with Crippen LogP contribution in [0.3, 0.4) is 0 Å². The van der Waals surface area contributed by atoms with Crippen LogP contribution in [-0.2, 0) is 10.0 Å². The van der Waals surface area contributed by atoms with Crippen molar-refractivity contribution in [2.24, 2.45) is 4.99 Å². The maximum absolute atomic E-state index is 14.1. The molecule has 0 bridgehead atoms. The van der Waals surface area contributed by atoms with E-state index in [0.717, 1.165) is 22.3 Å². The van der Waals surface area contributed by atoms with Gasteiger partial charge in [0.1, 0.15) is 6.04 Å².